The van der Waals surface area contributed by atoms with Gasteiger partial charge in [0, 0.05) is 25.2 Å². The summed E-state index contributed by atoms with van der Waals surface area (Å²) in [6, 6.07) is 4.17. The van der Waals surface area contributed by atoms with Crippen molar-refractivity contribution < 1.29 is 14.0 Å². The van der Waals surface area contributed by atoms with Gasteiger partial charge in [0.1, 0.15) is 5.82 Å². The lowest BCUT2D eigenvalue weighted by Crippen LogP contribution is -2.37. The van der Waals surface area contributed by atoms with Gasteiger partial charge in [-0.2, -0.15) is 0 Å². The van der Waals surface area contributed by atoms with Crippen LogP contribution < -0.4 is 10.2 Å². The summed E-state index contributed by atoms with van der Waals surface area (Å²) >= 11 is 5.80. The van der Waals surface area contributed by atoms with Crippen LogP contribution in [0.4, 0.5) is 10.1 Å². The Hall–Kier alpha value is -1.66. The smallest absolute Gasteiger partial charge is 0.227 e. The van der Waals surface area contributed by atoms with Crippen molar-refractivity contribution in [2.45, 2.75) is 32.6 Å². The van der Waals surface area contributed by atoms with E-state index in [0.29, 0.717) is 18.8 Å². The zero-order valence-corrected chi connectivity index (χ0v) is 16.5. The number of carbonyl (C=O) groups is 2. The van der Waals surface area contributed by atoms with E-state index >= 15 is 0 Å². The van der Waals surface area contributed by atoms with Crippen molar-refractivity contribution >= 4 is 29.1 Å². The predicted molar refractivity (Wildman–Crippen MR) is 104 cm³/mol. The molecule has 148 valence electrons. The second-order valence-electron chi connectivity index (χ2n) is 7.67. The Bertz CT molecular complexity index is 692. The van der Waals surface area contributed by atoms with Crippen LogP contribution in [0.2, 0.25) is 5.02 Å². The Morgan fingerprint density at radius 1 is 1.33 bits per heavy atom. The van der Waals surface area contributed by atoms with Gasteiger partial charge < -0.3 is 15.1 Å². The molecule has 0 spiro atoms. The number of amides is 2. The van der Waals surface area contributed by atoms with Gasteiger partial charge in [-0.05, 0) is 63.0 Å². The normalized spacial score (nSPS) is 21.7. The van der Waals surface area contributed by atoms with Gasteiger partial charge in [0.25, 0.3) is 0 Å². The molecule has 2 saturated heterocycles. The second-order valence-corrected chi connectivity index (χ2v) is 8.08. The highest BCUT2D eigenvalue weighted by molar-refractivity contribution is 6.31. The van der Waals surface area contributed by atoms with Gasteiger partial charge >= 0.3 is 0 Å². The Morgan fingerprint density at radius 2 is 2.07 bits per heavy atom. The number of halogens is 2. The summed E-state index contributed by atoms with van der Waals surface area (Å²) in [5.41, 5.74) is 0.529. The first-order valence-corrected chi connectivity index (χ1v) is 10.1. The van der Waals surface area contributed by atoms with E-state index in [-0.39, 0.29) is 29.2 Å². The fourth-order valence-electron chi connectivity index (χ4n) is 3.73. The molecule has 2 amide bonds. The standard InChI is InChI=1S/C20H27ClFN3O2/c1-14-5-9-24(10-6-14)8-2-7-23-20(27)15-11-19(26)25(13-15)16-3-4-18(22)17(21)12-16/h3-4,12,14-15H,2,5-11,13H2,1H3,(H,23,27). The molecule has 0 aliphatic carbocycles. The Kier molecular flexibility index (Phi) is 6.71. The van der Waals surface area contributed by atoms with E-state index in [0.717, 1.165) is 32.0 Å². The number of carbonyl (C=O) groups excluding carboxylic acids is 2. The quantitative estimate of drug-likeness (QED) is 0.753. The predicted octanol–water partition coefficient (Wildman–Crippen LogP) is 3.07. The molecule has 1 N–H and O–H groups in total. The van der Waals surface area contributed by atoms with E-state index in [2.05, 4.69) is 17.1 Å². The zero-order chi connectivity index (χ0) is 19.4. The lowest BCUT2D eigenvalue weighted by atomic mass is 9.99. The first-order valence-electron chi connectivity index (χ1n) is 9.69. The Labute approximate surface area is 164 Å². The fourth-order valence-corrected chi connectivity index (χ4v) is 3.90. The third-order valence-corrected chi connectivity index (χ3v) is 5.83. The van der Waals surface area contributed by atoms with Crippen LogP contribution >= 0.6 is 11.6 Å². The van der Waals surface area contributed by atoms with Gasteiger partial charge in [-0.1, -0.05) is 18.5 Å². The molecule has 27 heavy (non-hydrogen) atoms. The number of likely N-dealkylation sites (tertiary alicyclic amines) is 1. The minimum absolute atomic E-state index is 0.0275. The molecule has 7 heteroatoms. The van der Waals surface area contributed by atoms with Gasteiger partial charge in [-0.3, -0.25) is 9.59 Å². The van der Waals surface area contributed by atoms with Crippen LogP contribution in [0.5, 0.6) is 0 Å². The fraction of sp³-hybridized carbons (Fsp3) is 0.600. The molecule has 1 aromatic rings. The van der Waals surface area contributed by atoms with E-state index in [9.17, 15) is 14.0 Å². The van der Waals surface area contributed by atoms with Crippen LogP contribution in [-0.4, -0.2) is 49.4 Å². The number of nitrogens with zero attached hydrogens (tertiary/aromatic N) is 2. The maximum Gasteiger partial charge on any atom is 0.227 e. The summed E-state index contributed by atoms with van der Waals surface area (Å²) in [6.45, 7) is 6.50. The monoisotopic (exact) mass is 395 g/mol. The molecule has 0 aromatic heterocycles. The number of nitrogens with one attached hydrogen (secondary N) is 1. The van der Waals surface area contributed by atoms with Crippen LogP contribution in [0.25, 0.3) is 0 Å². The van der Waals surface area contributed by atoms with E-state index in [4.69, 9.17) is 11.6 Å². The molecule has 0 saturated carbocycles. The number of hydrogen-bond acceptors (Lipinski definition) is 3. The molecular weight excluding hydrogens is 369 g/mol. The van der Waals surface area contributed by atoms with E-state index in [1.54, 1.807) is 0 Å². The molecule has 1 aromatic carbocycles. The van der Waals surface area contributed by atoms with E-state index in [1.807, 2.05) is 0 Å². The van der Waals surface area contributed by atoms with Crippen molar-refractivity contribution in [2.75, 3.05) is 37.6 Å². The lowest BCUT2D eigenvalue weighted by molar-refractivity contribution is -0.126. The molecule has 5 nitrogen and oxygen atoms in total. The van der Waals surface area contributed by atoms with E-state index in [1.165, 1.54) is 35.9 Å². The summed E-state index contributed by atoms with van der Waals surface area (Å²) in [7, 11) is 0. The van der Waals surface area contributed by atoms with Crippen LogP contribution in [-0.2, 0) is 9.59 Å². The first kappa shape index (κ1) is 20.1. The molecule has 1 atom stereocenters. The summed E-state index contributed by atoms with van der Waals surface area (Å²) in [5.74, 6) is -0.312. The molecule has 2 heterocycles. The van der Waals surface area contributed by atoms with Crippen molar-refractivity contribution in [3.63, 3.8) is 0 Å². The highest BCUT2D eigenvalue weighted by atomic mass is 35.5. The summed E-state index contributed by atoms with van der Waals surface area (Å²) < 4.78 is 13.3. The van der Waals surface area contributed by atoms with Crippen molar-refractivity contribution in [3.05, 3.63) is 29.0 Å². The van der Waals surface area contributed by atoms with Gasteiger partial charge in [0.05, 0.1) is 10.9 Å². The molecule has 1 unspecified atom stereocenters. The third kappa shape index (κ3) is 5.20. The highest BCUT2D eigenvalue weighted by Gasteiger charge is 2.35. The highest BCUT2D eigenvalue weighted by Crippen LogP contribution is 2.28. The van der Waals surface area contributed by atoms with Crippen molar-refractivity contribution in [3.8, 4) is 0 Å². The number of anilines is 1. The summed E-state index contributed by atoms with van der Waals surface area (Å²) in [5, 5.41) is 2.93. The zero-order valence-electron chi connectivity index (χ0n) is 15.7. The van der Waals surface area contributed by atoms with Gasteiger partial charge in [0.2, 0.25) is 11.8 Å². The molecule has 2 aliphatic rings. The van der Waals surface area contributed by atoms with Crippen LogP contribution in [0.1, 0.15) is 32.6 Å². The number of benzene rings is 1. The number of piperidine rings is 1. The van der Waals surface area contributed by atoms with Gasteiger partial charge in [0.15, 0.2) is 0 Å². The SMILES string of the molecule is CC1CCN(CCCNC(=O)C2CC(=O)N(c3ccc(F)c(Cl)c3)C2)CC1. The van der Waals surface area contributed by atoms with Crippen LogP contribution in [0.3, 0.4) is 0 Å². The average Bonchev–Trinajstić information content (AvgIpc) is 3.04. The van der Waals surface area contributed by atoms with Crippen molar-refractivity contribution in [1.29, 1.82) is 0 Å². The molecular formula is C20H27ClFN3O2. The number of rotatable bonds is 6. The second kappa shape index (κ2) is 9.02. The maximum atomic E-state index is 13.3. The molecule has 0 bridgehead atoms. The van der Waals surface area contributed by atoms with Gasteiger partial charge in [-0.15, -0.1) is 0 Å². The summed E-state index contributed by atoms with van der Waals surface area (Å²) in [6.07, 6.45) is 3.59. The van der Waals surface area contributed by atoms with Gasteiger partial charge in [-0.25, -0.2) is 4.39 Å². The Balaban J connectivity index is 1.43. The van der Waals surface area contributed by atoms with Crippen molar-refractivity contribution in [1.82, 2.24) is 10.2 Å². The molecule has 0 radical (unpaired) electrons. The molecule has 2 fully saturated rings. The Morgan fingerprint density at radius 3 is 2.78 bits per heavy atom. The van der Waals surface area contributed by atoms with Crippen molar-refractivity contribution in [2.24, 2.45) is 11.8 Å². The van der Waals surface area contributed by atoms with Crippen LogP contribution in [0.15, 0.2) is 18.2 Å². The minimum Gasteiger partial charge on any atom is -0.356 e. The minimum atomic E-state index is -0.524. The number of hydrogen-bond donors (Lipinski definition) is 1. The first-order chi connectivity index (χ1) is 12.9. The maximum absolute atomic E-state index is 13.3. The summed E-state index contributed by atoms with van der Waals surface area (Å²) in [4.78, 5) is 28.6. The topological polar surface area (TPSA) is 52.7 Å². The molecule has 2 aliphatic heterocycles. The largest absolute Gasteiger partial charge is 0.356 e. The van der Waals surface area contributed by atoms with E-state index < -0.39 is 5.82 Å². The molecule has 3 rings (SSSR count). The van der Waals surface area contributed by atoms with Crippen LogP contribution in [0, 0.1) is 17.7 Å². The third-order valence-electron chi connectivity index (χ3n) is 5.54. The average molecular weight is 396 g/mol. The lowest BCUT2D eigenvalue weighted by Gasteiger charge is -2.30.